The lowest BCUT2D eigenvalue weighted by molar-refractivity contribution is 0.0601. The van der Waals surface area contributed by atoms with Crippen LogP contribution in [0.4, 0.5) is 0 Å². The van der Waals surface area contributed by atoms with Crippen LogP contribution >= 0.6 is 0 Å². The molecule has 0 bridgehead atoms. The highest BCUT2D eigenvalue weighted by atomic mass is 16.5. The van der Waals surface area contributed by atoms with Crippen LogP contribution in [0.5, 0.6) is 0 Å². The molecule has 4 nitrogen and oxygen atoms in total. The van der Waals surface area contributed by atoms with E-state index in [1.54, 1.807) is 12.5 Å². The first-order valence-corrected chi connectivity index (χ1v) is 8.54. The van der Waals surface area contributed by atoms with Gasteiger partial charge in [-0.05, 0) is 42.5 Å². The van der Waals surface area contributed by atoms with E-state index in [0.717, 1.165) is 16.8 Å². The van der Waals surface area contributed by atoms with Gasteiger partial charge < -0.3 is 14.1 Å². The fourth-order valence-electron chi connectivity index (χ4n) is 3.91. The van der Waals surface area contributed by atoms with E-state index in [1.165, 1.54) is 50.2 Å². The lowest BCUT2D eigenvalue weighted by atomic mass is 9.82. The number of carbonyl (C=O) groups excluding carboxylic acids is 1. The quantitative estimate of drug-likeness (QED) is 0.669. The van der Waals surface area contributed by atoms with Crippen molar-refractivity contribution in [2.24, 2.45) is 0 Å². The minimum Gasteiger partial charge on any atom is -0.472 e. The predicted octanol–water partition coefficient (Wildman–Crippen LogP) is 5.26. The van der Waals surface area contributed by atoms with Gasteiger partial charge in [-0.1, -0.05) is 25.3 Å². The van der Waals surface area contributed by atoms with Gasteiger partial charge in [0, 0.05) is 16.5 Å². The van der Waals surface area contributed by atoms with E-state index in [2.05, 4.69) is 4.98 Å². The molecule has 0 amide bonds. The minimum absolute atomic E-state index is 0.310. The fourth-order valence-corrected chi connectivity index (χ4v) is 3.91. The van der Waals surface area contributed by atoms with Gasteiger partial charge in [-0.15, -0.1) is 0 Å². The van der Waals surface area contributed by atoms with Crippen molar-refractivity contribution in [3.8, 4) is 11.3 Å². The van der Waals surface area contributed by atoms with Gasteiger partial charge in [0.1, 0.15) is 0 Å². The highest BCUT2D eigenvalue weighted by molar-refractivity contribution is 5.98. The van der Waals surface area contributed by atoms with E-state index in [-0.39, 0.29) is 5.97 Å². The molecule has 0 spiro atoms. The molecule has 4 heteroatoms. The molecular weight excluding hydrogens is 302 g/mol. The maximum absolute atomic E-state index is 11.8. The first-order chi connectivity index (χ1) is 11.8. The number of rotatable bonds is 3. The normalized spacial score (nSPS) is 15.7. The van der Waals surface area contributed by atoms with Crippen molar-refractivity contribution in [1.29, 1.82) is 0 Å². The molecule has 1 aliphatic carbocycles. The molecule has 2 aromatic heterocycles. The van der Waals surface area contributed by atoms with Crippen LogP contribution in [0, 0.1) is 0 Å². The maximum atomic E-state index is 11.8. The Morgan fingerprint density at radius 1 is 1.21 bits per heavy atom. The third-order valence-corrected chi connectivity index (χ3v) is 5.08. The number of furan rings is 1. The lowest BCUT2D eigenvalue weighted by Crippen LogP contribution is -2.05. The van der Waals surface area contributed by atoms with Gasteiger partial charge in [-0.3, -0.25) is 0 Å². The second-order valence-electron chi connectivity index (χ2n) is 6.51. The van der Waals surface area contributed by atoms with Crippen LogP contribution in [0.3, 0.4) is 0 Å². The molecule has 1 N–H and O–H groups in total. The van der Waals surface area contributed by atoms with E-state index in [0.29, 0.717) is 11.5 Å². The number of aromatic nitrogens is 1. The number of methoxy groups -OCH3 is 1. The van der Waals surface area contributed by atoms with E-state index in [9.17, 15) is 4.79 Å². The number of H-pyrrole nitrogens is 1. The summed E-state index contributed by atoms with van der Waals surface area (Å²) < 4.78 is 10.1. The summed E-state index contributed by atoms with van der Waals surface area (Å²) in [5.74, 6) is 0.247. The second-order valence-corrected chi connectivity index (χ2v) is 6.51. The molecule has 1 saturated carbocycles. The van der Waals surface area contributed by atoms with Crippen molar-refractivity contribution in [2.75, 3.05) is 7.11 Å². The Labute approximate surface area is 140 Å². The van der Waals surface area contributed by atoms with Crippen LogP contribution in [0.1, 0.15) is 53.9 Å². The predicted molar refractivity (Wildman–Crippen MR) is 93.2 cm³/mol. The Morgan fingerprint density at radius 2 is 2.04 bits per heavy atom. The Kier molecular flexibility index (Phi) is 3.89. The Morgan fingerprint density at radius 3 is 2.75 bits per heavy atom. The van der Waals surface area contributed by atoms with Crippen LogP contribution < -0.4 is 0 Å². The molecule has 0 unspecified atom stereocenters. The molecule has 1 aliphatic rings. The first-order valence-electron chi connectivity index (χ1n) is 8.54. The van der Waals surface area contributed by atoms with E-state index in [1.807, 2.05) is 24.3 Å². The first kappa shape index (κ1) is 15.1. The molecule has 124 valence electrons. The van der Waals surface area contributed by atoms with E-state index >= 15 is 0 Å². The summed E-state index contributed by atoms with van der Waals surface area (Å²) in [6, 6.07) is 7.77. The number of esters is 1. The molecule has 1 fully saturated rings. The lowest BCUT2D eigenvalue weighted by Gasteiger charge is -2.22. The molecule has 4 rings (SSSR count). The topological polar surface area (TPSA) is 55.2 Å². The molecule has 0 saturated heterocycles. The number of nitrogens with one attached hydrogen (secondary N) is 1. The highest BCUT2D eigenvalue weighted by Gasteiger charge is 2.24. The second kappa shape index (κ2) is 6.19. The minimum atomic E-state index is -0.310. The molecule has 2 heterocycles. The van der Waals surface area contributed by atoms with Crippen LogP contribution in [0.15, 0.2) is 41.2 Å². The highest BCUT2D eigenvalue weighted by Crippen LogP contribution is 2.42. The van der Waals surface area contributed by atoms with Gasteiger partial charge in [-0.2, -0.15) is 0 Å². The van der Waals surface area contributed by atoms with E-state index in [4.69, 9.17) is 9.15 Å². The van der Waals surface area contributed by atoms with Crippen LogP contribution in [-0.2, 0) is 4.74 Å². The number of aromatic amines is 1. The maximum Gasteiger partial charge on any atom is 0.337 e. The molecule has 3 aromatic rings. The van der Waals surface area contributed by atoms with Gasteiger partial charge in [-0.25, -0.2) is 4.79 Å². The summed E-state index contributed by atoms with van der Waals surface area (Å²) in [6.07, 6.45) is 9.80. The standard InChI is InChI=1S/C20H21NO3/c1-23-20(22)14-7-8-16-17(11-14)21-19(15-9-10-24-12-15)18(16)13-5-3-2-4-6-13/h7-13,21H,2-6H2,1H3. The van der Waals surface area contributed by atoms with Crippen molar-refractivity contribution >= 4 is 16.9 Å². The molecule has 1 aromatic carbocycles. The van der Waals surface area contributed by atoms with Crippen LogP contribution in [-0.4, -0.2) is 18.1 Å². The zero-order valence-corrected chi connectivity index (χ0v) is 13.8. The Bertz CT molecular complexity index is 855. The Hall–Kier alpha value is -2.49. The average Bonchev–Trinajstić information content (AvgIpc) is 3.28. The molecular formula is C20H21NO3. The zero-order valence-electron chi connectivity index (χ0n) is 13.8. The van der Waals surface area contributed by atoms with Crippen molar-refractivity contribution in [3.63, 3.8) is 0 Å². The van der Waals surface area contributed by atoms with Gasteiger partial charge in [0.05, 0.1) is 30.9 Å². The summed E-state index contributed by atoms with van der Waals surface area (Å²) in [5, 5.41) is 1.20. The smallest absolute Gasteiger partial charge is 0.337 e. The molecule has 0 radical (unpaired) electrons. The average molecular weight is 323 g/mol. The third kappa shape index (κ3) is 2.52. The number of benzene rings is 1. The number of fused-ring (bicyclic) bond motifs is 1. The SMILES string of the molecule is COC(=O)c1ccc2c(C3CCCCC3)c(-c3ccoc3)[nH]c2c1. The summed E-state index contributed by atoms with van der Waals surface area (Å²) >= 11 is 0. The van der Waals surface area contributed by atoms with Gasteiger partial charge in [0.15, 0.2) is 0 Å². The largest absolute Gasteiger partial charge is 0.472 e. The summed E-state index contributed by atoms with van der Waals surface area (Å²) in [7, 11) is 1.41. The molecule has 0 atom stereocenters. The van der Waals surface area contributed by atoms with Crippen molar-refractivity contribution in [3.05, 3.63) is 47.9 Å². The van der Waals surface area contributed by atoms with Gasteiger partial charge in [0.25, 0.3) is 0 Å². The van der Waals surface area contributed by atoms with E-state index < -0.39 is 0 Å². The van der Waals surface area contributed by atoms with Crippen molar-refractivity contribution in [1.82, 2.24) is 4.98 Å². The Balaban J connectivity index is 1.89. The van der Waals surface area contributed by atoms with Crippen LogP contribution in [0.25, 0.3) is 22.2 Å². The number of ether oxygens (including phenoxy) is 1. The number of hydrogen-bond acceptors (Lipinski definition) is 3. The molecule has 24 heavy (non-hydrogen) atoms. The van der Waals surface area contributed by atoms with Crippen molar-refractivity contribution < 1.29 is 13.9 Å². The number of carbonyl (C=O) groups is 1. The summed E-state index contributed by atoms with van der Waals surface area (Å²) in [5.41, 5.74) is 5.09. The monoisotopic (exact) mass is 323 g/mol. The fraction of sp³-hybridized carbons (Fsp3) is 0.350. The zero-order chi connectivity index (χ0) is 16.5. The van der Waals surface area contributed by atoms with Crippen molar-refractivity contribution in [2.45, 2.75) is 38.0 Å². The van der Waals surface area contributed by atoms with Gasteiger partial charge in [0.2, 0.25) is 0 Å². The van der Waals surface area contributed by atoms with Crippen LogP contribution in [0.2, 0.25) is 0 Å². The third-order valence-electron chi connectivity index (χ3n) is 5.08. The summed E-state index contributed by atoms with van der Waals surface area (Å²) in [4.78, 5) is 15.3. The van der Waals surface area contributed by atoms with Gasteiger partial charge >= 0.3 is 5.97 Å². The molecule has 0 aliphatic heterocycles. The summed E-state index contributed by atoms with van der Waals surface area (Å²) in [6.45, 7) is 0. The number of hydrogen-bond donors (Lipinski definition) is 1.